The largest absolute Gasteiger partial charge is 0.481 e. The van der Waals surface area contributed by atoms with Crippen LogP contribution in [-0.4, -0.2) is 24.6 Å². The van der Waals surface area contributed by atoms with Crippen LogP contribution in [0.5, 0.6) is 5.75 Å². The van der Waals surface area contributed by atoms with Crippen LogP contribution in [0.25, 0.3) is 0 Å². The first kappa shape index (κ1) is 20.9. The van der Waals surface area contributed by atoms with Crippen LogP contribution in [0, 0.1) is 0 Å². The highest BCUT2D eigenvalue weighted by Crippen LogP contribution is 2.30. The molecule has 154 valence electrons. The zero-order valence-corrected chi connectivity index (χ0v) is 17.2. The molecule has 2 aromatic carbocycles. The first-order valence-electron chi connectivity index (χ1n) is 10.4. The number of benzene rings is 2. The minimum absolute atomic E-state index is 0.225. The number of hydrogen-bond acceptors (Lipinski definition) is 4. The Balaban J connectivity index is 1.57. The molecule has 0 saturated heterocycles. The second-order valence-electron chi connectivity index (χ2n) is 7.42. The highest BCUT2D eigenvalue weighted by atomic mass is 16.5. The summed E-state index contributed by atoms with van der Waals surface area (Å²) in [5.41, 5.74) is 3.64. The molecule has 3 rings (SSSR count). The molecule has 5 heteroatoms. The van der Waals surface area contributed by atoms with Gasteiger partial charge in [-0.05, 0) is 80.5 Å². The van der Waals surface area contributed by atoms with E-state index in [1.165, 1.54) is 17.5 Å². The molecule has 2 aromatic rings. The lowest BCUT2D eigenvalue weighted by atomic mass is 9.91. The van der Waals surface area contributed by atoms with Gasteiger partial charge in [0, 0.05) is 5.69 Å². The third kappa shape index (κ3) is 5.59. The molecule has 0 fully saturated rings. The van der Waals surface area contributed by atoms with Gasteiger partial charge in [0.05, 0.1) is 12.2 Å². The van der Waals surface area contributed by atoms with E-state index < -0.39 is 6.10 Å². The maximum atomic E-state index is 12.6. The van der Waals surface area contributed by atoms with E-state index in [0.29, 0.717) is 17.9 Å². The second kappa shape index (κ2) is 10.1. The van der Waals surface area contributed by atoms with E-state index in [2.05, 4.69) is 11.4 Å². The fourth-order valence-electron chi connectivity index (χ4n) is 3.43. The molecule has 29 heavy (non-hydrogen) atoms. The number of ether oxygens (including phenoxy) is 2. The molecule has 5 nitrogen and oxygen atoms in total. The van der Waals surface area contributed by atoms with Crippen molar-refractivity contribution in [2.24, 2.45) is 0 Å². The van der Waals surface area contributed by atoms with Gasteiger partial charge in [0.1, 0.15) is 5.75 Å². The van der Waals surface area contributed by atoms with Crippen LogP contribution in [0.2, 0.25) is 0 Å². The Bertz CT molecular complexity index is 844. The van der Waals surface area contributed by atoms with E-state index in [4.69, 9.17) is 9.47 Å². The first-order valence-corrected chi connectivity index (χ1v) is 10.4. The topological polar surface area (TPSA) is 64.6 Å². The molecular formula is C24H29NO4. The molecule has 1 atom stereocenters. The normalized spacial score (nSPS) is 13.9. The van der Waals surface area contributed by atoms with Crippen molar-refractivity contribution in [3.63, 3.8) is 0 Å². The van der Waals surface area contributed by atoms with Crippen LogP contribution in [0.1, 0.15) is 61.0 Å². The Kier molecular flexibility index (Phi) is 7.28. The van der Waals surface area contributed by atoms with Crippen molar-refractivity contribution in [2.75, 3.05) is 11.9 Å². The SMILES string of the molecule is CCCCOC(=O)c1ccc(NC(=O)[C@H](C)Oc2cccc3c2CCCC3)cc1. The molecule has 0 unspecified atom stereocenters. The van der Waals surface area contributed by atoms with Gasteiger partial charge in [0.25, 0.3) is 5.91 Å². The zero-order valence-electron chi connectivity index (χ0n) is 17.2. The van der Waals surface area contributed by atoms with Gasteiger partial charge < -0.3 is 14.8 Å². The molecule has 0 aliphatic heterocycles. The summed E-state index contributed by atoms with van der Waals surface area (Å²) < 4.78 is 11.2. The number of carbonyl (C=O) groups is 2. The van der Waals surface area contributed by atoms with Crippen LogP contribution >= 0.6 is 0 Å². The van der Waals surface area contributed by atoms with Crippen LogP contribution in [0.3, 0.4) is 0 Å². The van der Waals surface area contributed by atoms with Gasteiger partial charge >= 0.3 is 5.97 Å². The number of rotatable bonds is 8. The summed E-state index contributed by atoms with van der Waals surface area (Å²) >= 11 is 0. The van der Waals surface area contributed by atoms with Gasteiger partial charge in [-0.2, -0.15) is 0 Å². The molecule has 0 heterocycles. The Morgan fingerprint density at radius 2 is 1.83 bits per heavy atom. The molecular weight excluding hydrogens is 366 g/mol. The van der Waals surface area contributed by atoms with Gasteiger partial charge in [0.15, 0.2) is 6.10 Å². The average Bonchev–Trinajstić information content (AvgIpc) is 2.74. The predicted octanol–water partition coefficient (Wildman–Crippen LogP) is 4.93. The number of hydrogen-bond donors (Lipinski definition) is 1. The molecule has 1 amide bonds. The van der Waals surface area contributed by atoms with Crippen LogP contribution in [0.4, 0.5) is 5.69 Å². The summed E-state index contributed by atoms with van der Waals surface area (Å²) in [6.07, 6.45) is 5.63. The quantitative estimate of drug-likeness (QED) is 0.508. The number of unbranched alkanes of at least 4 members (excludes halogenated alkanes) is 1. The van der Waals surface area contributed by atoms with E-state index in [-0.39, 0.29) is 11.9 Å². The number of fused-ring (bicyclic) bond motifs is 1. The molecule has 0 saturated carbocycles. The lowest BCUT2D eigenvalue weighted by Gasteiger charge is -2.22. The Morgan fingerprint density at radius 1 is 1.07 bits per heavy atom. The van der Waals surface area contributed by atoms with Crippen molar-refractivity contribution < 1.29 is 19.1 Å². The predicted molar refractivity (Wildman–Crippen MR) is 113 cm³/mol. The molecule has 0 aromatic heterocycles. The average molecular weight is 395 g/mol. The van der Waals surface area contributed by atoms with Crippen molar-refractivity contribution in [3.8, 4) is 5.75 Å². The second-order valence-corrected chi connectivity index (χ2v) is 7.42. The summed E-state index contributed by atoms with van der Waals surface area (Å²) in [5, 5.41) is 2.84. The smallest absolute Gasteiger partial charge is 0.338 e. The number of anilines is 1. The molecule has 1 aliphatic carbocycles. The van der Waals surface area contributed by atoms with E-state index >= 15 is 0 Å². The zero-order chi connectivity index (χ0) is 20.6. The van der Waals surface area contributed by atoms with Gasteiger partial charge in [-0.25, -0.2) is 4.79 Å². The third-order valence-corrected chi connectivity index (χ3v) is 5.15. The maximum absolute atomic E-state index is 12.6. The Hall–Kier alpha value is -2.82. The standard InChI is InChI=1S/C24H29NO4/c1-3-4-16-28-24(27)19-12-14-20(15-13-19)25-23(26)17(2)29-22-11-7-9-18-8-5-6-10-21(18)22/h7,9,11-15,17H,3-6,8,10,16H2,1-2H3,(H,25,26)/t17-/m0/s1. The summed E-state index contributed by atoms with van der Waals surface area (Å²) in [6, 6.07) is 12.8. The fraction of sp³-hybridized carbons (Fsp3) is 0.417. The van der Waals surface area contributed by atoms with Crippen LogP contribution < -0.4 is 10.1 Å². The number of esters is 1. The third-order valence-electron chi connectivity index (χ3n) is 5.15. The van der Waals surface area contributed by atoms with Gasteiger partial charge in [-0.15, -0.1) is 0 Å². The van der Waals surface area contributed by atoms with Crippen molar-refractivity contribution in [3.05, 3.63) is 59.2 Å². The minimum atomic E-state index is -0.623. The number of nitrogens with one attached hydrogen (secondary N) is 1. The van der Waals surface area contributed by atoms with E-state index in [1.54, 1.807) is 31.2 Å². The number of amides is 1. The highest BCUT2D eigenvalue weighted by Gasteiger charge is 2.19. The van der Waals surface area contributed by atoms with Gasteiger partial charge in [0.2, 0.25) is 0 Å². The van der Waals surface area contributed by atoms with E-state index in [9.17, 15) is 9.59 Å². The van der Waals surface area contributed by atoms with Crippen LogP contribution in [-0.2, 0) is 22.4 Å². The summed E-state index contributed by atoms with van der Waals surface area (Å²) in [7, 11) is 0. The lowest BCUT2D eigenvalue weighted by molar-refractivity contribution is -0.122. The molecule has 0 spiro atoms. The lowest BCUT2D eigenvalue weighted by Crippen LogP contribution is -2.30. The monoisotopic (exact) mass is 395 g/mol. The highest BCUT2D eigenvalue weighted by molar-refractivity contribution is 5.95. The van der Waals surface area contributed by atoms with Crippen molar-refractivity contribution in [1.82, 2.24) is 0 Å². The Morgan fingerprint density at radius 3 is 2.59 bits per heavy atom. The Labute approximate surface area is 172 Å². The summed E-state index contributed by atoms with van der Waals surface area (Å²) in [6.45, 7) is 4.21. The van der Waals surface area contributed by atoms with Crippen LogP contribution in [0.15, 0.2) is 42.5 Å². The molecule has 0 radical (unpaired) electrons. The summed E-state index contributed by atoms with van der Waals surface area (Å²) in [5.74, 6) is 0.230. The molecule has 0 bridgehead atoms. The summed E-state index contributed by atoms with van der Waals surface area (Å²) in [4.78, 5) is 24.5. The maximum Gasteiger partial charge on any atom is 0.338 e. The fourth-order valence-corrected chi connectivity index (χ4v) is 3.43. The van der Waals surface area contributed by atoms with Crippen molar-refractivity contribution >= 4 is 17.6 Å². The van der Waals surface area contributed by atoms with Gasteiger partial charge in [-0.3, -0.25) is 4.79 Å². The van der Waals surface area contributed by atoms with E-state index in [0.717, 1.165) is 37.9 Å². The number of aryl methyl sites for hydroxylation is 1. The molecule has 1 aliphatic rings. The van der Waals surface area contributed by atoms with E-state index in [1.807, 2.05) is 19.1 Å². The number of carbonyl (C=O) groups excluding carboxylic acids is 2. The minimum Gasteiger partial charge on any atom is -0.481 e. The first-order chi connectivity index (χ1) is 14.1. The molecule has 1 N–H and O–H groups in total. The van der Waals surface area contributed by atoms with Gasteiger partial charge in [-0.1, -0.05) is 25.5 Å². The van der Waals surface area contributed by atoms with Crippen molar-refractivity contribution in [1.29, 1.82) is 0 Å². The van der Waals surface area contributed by atoms with Crippen molar-refractivity contribution in [2.45, 2.75) is 58.5 Å².